The highest BCUT2D eigenvalue weighted by atomic mass is 19.4. The van der Waals surface area contributed by atoms with Gasteiger partial charge < -0.3 is 23.7 Å². The number of piperazine rings is 1. The summed E-state index contributed by atoms with van der Waals surface area (Å²) in [5.41, 5.74) is 1.38. The number of anilines is 2. The number of amides is 2. The third-order valence-electron chi connectivity index (χ3n) is 4.86. The third-order valence-corrected chi connectivity index (χ3v) is 4.86. The van der Waals surface area contributed by atoms with Gasteiger partial charge in [0.25, 0.3) is 5.88 Å². The maximum atomic E-state index is 12.7. The van der Waals surface area contributed by atoms with Crippen molar-refractivity contribution in [3.8, 4) is 11.6 Å². The van der Waals surface area contributed by atoms with Crippen molar-refractivity contribution < 1.29 is 31.9 Å². The first-order valence-electron chi connectivity index (χ1n) is 9.71. The second-order valence-corrected chi connectivity index (χ2v) is 7.08. The predicted octanol–water partition coefficient (Wildman–Crippen LogP) is 3.79. The minimum atomic E-state index is -4.75. The van der Waals surface area contributed by atoms with Gasteiger partial charge in [-0.15, -0.1) is 13.2 Å². The molecule has 0 spiro atoms. The van der Waals surface area contributed by atoms with Crippen LogP contribution in [-0.2, 0) is 0 Å². The zero-order valence-corrected chi connectivity index (χ0v) is 17.3. The lowest BCUT2D eigenvalue weighted by molar-refractivity contribution is -0.274. The zero-order valence-electron chi connectivity index (χ0n) is 17.3. The van der Waals surface area contributed by atoms with Crippen LogP contribution in [0.5, 0.6) is 11.6 Å². The number of aromatic nitrogens is 2. The molecule has 2 aromatic heterocycles. The number of furan rings is 1. The Kier molecular flexibility index (Phi) is 5.68. The molecule has 0 bridgehead atoms. The molecule has 2 amide bonds. The number of fused-ring (bicyclic) bond motifs is 1. The summed E-state index contributed by atoms with van der Waals surface area (Å²) in [6.45, 7) is 3.35. The van der Waals surface area contributed by atoms with Crippen molar-refractivity contribution >= 4 is 28.8 Å². The first-order valence-corrected chi connectivity index (χ1v) is 9.71. The lowest BCUT2D eigenvalue weighted by atomic mass is 10.2. The molecule has 0 atom stereocenters. The van der Waals surface area contributed by atoms with Crippen LogP contribution in [0.25, 0.3) is 11.2 Å². The number of halogens is 3. The number of carbonyl (C=O) groups excluding carboxylic acids is 1. The normalized spacial score (nSPS) is 14.5. The Morgan fingerprint density at radius 1 is 1.16 bits per heavy atom. The number of hydrogen-bond donors (Lipinski definition) is 1. The van der Waals surface area contributed by atoms with Crippen LogP contribution in [0, 0.1) is 6.92 Å². The maximum absolute atomic E-state index is 12.7. The number of benzene rings is 1. The van der Waals surface area contributed by atoms with Crippen LogP contribution in [0.1, 0.15) is 5.76 Å². The molecule has 1 N–H and O–H groups in total. The van der Waals surface area contributed by atoms with Gasteiger partial charge in [0.05, 0.1) is 7.11 Å². The van der Waals surface area contributed by atoms with Crippen LogP contribution in [0.15, 0.2) is 34.7 Å². The Bertz CT molecular complexity index is 1130. The molecule has 1 aliphatic rings. The molecule has 1 saturated heterocycles. The van der Waals surface area contributed by atoms with Crippen LogP contribution >= 0.6 is 0 Å². The molecular formula is C20H20F3N5O4. The Balaban J connectivity index is 1.40. The lowest BCUT2D eigenvalue weighted by Crippen LogP contribution is -2.50. The SMILES string of the molecule is COc1nc2oc(C)cc2nc1NC(=O)N1CCN(c2cccc(OC(F)(F)F)c2)CC1. The van der Waals surface area contributed by atoms with Crippen molar-refractivity contribution in [2.75, 3.05) is 43.5 Å². The Morgan fingerprint density at radius 2 is 1.91 bits per heavy atom. The molecule has 0 saturated carbocycles. The van der Waals surface area contributed by atoms with Gasteiger partial charge in [-0.25, -0.2) is 9.78 Å². The highest BCUT2D eigenvalue weighted by Gasteiger charge is 2.31. The van der Waals surface area contributed by atoms with Crippen LogP contribution in [0.4, 0.5) is 29.5 Å². The molecule has 0 radical (unpaired) electrons. The molecule has 1 aromatic carbocycles. The first kappa shape index (κ1) is 21.5. The van der Waals surface area contributed by atoms with E-state index >= 15 is 0 Å². The molecule has 0 unspecified atom stereocenters. The van der Waals surface area contributed by atoms with Crippen LogP contribution in [0.3, 0.4) is 0 Å². The van der Waals surface area contributed by atoms with Crippen molar-refractivity contribution in [1.29, 1.82) is 0 Å². The van der Waals surface area contributed by atoms with E-state index < -0.39 is 6.36 Å². The number of alkyl halides is 3. The predicted molar refractivity (Wildman–Crippen MR) is 109 cm³/mol. The van der Waals surface area contributed by atoms with E-state index in [2.05, 4.69) is 20.0 Å². The van der Waals surface area contributed by atoms with Gasteiger partial charge in [0.1, 0.15) is 17.0 Å². The minimum Gasteiger partial charge on any atom is -0.478 e. The standard InChI is InChI=1S/C20H20F3N5O4/c1-12-10-15-17(31-12)26-18(30-2)16(24-15)25-19(29)28-8-6-27(7-9-28)13-4-3-5-14(11-13)32-20(21,22)23/h3-5,10-11H,6-9H2,1-2H3,(H,24,25,29). The number of methoxy groups -OCH3 is 1. The molecule has 0 aliphatic carbocycles. The lowest BCUT2D eigenvalue weighted by Gasteiger charge is -2.36. The van der Waals surface area contributed by atoms with Crippen molar-refractivity contribution in [3.05, 3.63) is 36.1 Å². The molecule has 1 fully saturated rings. The number of aryl methyl sites for hydroxylation is 1. The van der Waals surface area contributed by atoms with E-state index in [1.165, 1.54) is 25.3 Å². The molecule has 4 rings (SSSR count). The molecular weight excluding hydrogens is 431 g/mol. The van der Waals surface area contributed by atoms with Crippen LogP contribution in [-0.4, -0.2) is 60.6 Å². The Morgan fingerprint density at radius 3 is 2.59 bits per heavy atom. The zero-order chi connectivity index (χ0) is 22.9. The summed E-state index contributed by atoms with van der Waals surface area (Å²) in [7, 11) is 1.41. The third kappa shape index (κ3) is 4.79. The summed E-state index contributed by atoms with van der Waals surface area (Å²) in [6.07, 6.45) is -4.75. The summed E-state index contributed by atoms with van der Waals surface area (Å²) in [4.78, 5) is 24.8. The van der Waals surface area contributed by atoms with E-state index in [0.29, 0.717) is 48.9 Å². The average molecular weight is 451 g/mol. The van der Waals surface area contributed by atoms with E-state index in [0.717, 1.165) is 0 Å². The van der Waals surface area contributed by atoms with E-state index in [9.17, 15) is 18.0 Å². The quantitative estimate of drug-likeness (QED) is 0.645. The molecule has 3 heterocycles. The van der Waals surface area contributed by atoms with Crippen LogP contribution < -0.4 is 19.7 Å². The monoisotopic (exact) mass is 451 g/mol. The van der Waals surface area contributed by atoms with Gasteiger partial charge in [-0.2, -0.15) is 4.98 Å². The smallest absolute Gasteiger partial charge is 0.478 e. The largest absolute Gasteiger partial charge is 0.573 e. The van der Waals surface area contributed by atoms with Crippen molar-refractivity contribution in [3.63, 3.8) is 0 Å². The van der Waals surface area contributed by atoms with Gasteiger partial charge in [0.15, 0.2) is 5.82 Å². The average Bonchev–Trinajstić information content (AvgIpc) is 3.11. The molecule has 32 heavy (non-hydrogen) atoms. The van der Waals surface area contributed by atoms with Gasteiger partial charge in [-0.3, -0.25) is 5.32 Å². The van der Waals surface area contributed by atoms with E-state index in [4.69, 9.17) is 9.15 Å². The van der Waals surface area contributed by atoms with Crippen molar-refractivity contribution in [2.45, 2.75) is 13.3 Å². The molecule has 12 heteroatoms. The summed E-state index contributed by atoms with van der Waals surface area (Å²) in [5, 5.41) is 2.71. The van der Waals surface area contributed by atoms with E-state index in [-0.39, 0.29) is 23.5 Å². The second kappa shape index (κ2) is 8.44. The number of urea groups is 1. The fourth-order valence-corrected chi connectivity index (χ4v) is 3.41. The summed E-state index contributed by atoms with van der Waals surface area (Å²) in [5.74, 6) is 0.641. The maximum Gasteiger partial charge on any atom is 0.573 e. The first-order chi connectivity index (χ1) is 15.2. The number of carbonyl (C=O) groups is 1. The number of ether oxygens (including phenoxy) is 2. The van der Waals surface area contributed by atoms with Crippen molar-refractivity contribution in [2.24, 2.45) is 0 Å². The van der Waals surface area contributed by atoms with Crippen LogP contribution in [0.2, 0.25) is 0 Å². The highest BCUT2D eigenvalue weighted by Crippen LogP contribution is 2.28. The van der Waals surface area contributed by atoms with E-state index in [1.807, 2.05) is 4.90 Å². The molecule has 1 aliphatic heterocycles. The fourth-order valence-electron chi connectivity index (χ4n) is 3.41. The summed E-state index contributed by atoms with van der Waals surface area (Å²) in [6, 6.07) is 7.08. The number of rotatable bonds is 4. The van der Waals surface area contributed by atoms with Gasteiger partial charge in [-0.1, -0.05) is 6.07 Å². The molecule has 3 aromatic rings. The van der Waals surface area contributed by atoms with Crippen molar-refractivity contribution in [1.82, 2.24) is 14.9 Å². The van der Waals surface area contributed by atoms with Gasteiger partial charge >= 0.3 is 12.4 Å². The Labute approximate surface area is 180 Å². The fraction of sp³-hybridized carbons (Fsp3) is 0.350. The number of nitrogens with one attached hydrogen (secondary N) is 1. The second-order valence-electron chi connectivity index (χ2n) is 7.08. The summed E-state index contributed by atoms with van der Waals surface area (Å²) < 4.78 is 52.0. The van der Waals surface area contributed by atoms with Gasteiger partial charge in [0, 0.05) is 44.0 Å². The minimum absolute atomic E-state index is 0.125. The topological polar surface area (TPSA) is 93.0 Å². The van der Waals surface area contributed by atoms with Gasteiger partial charge in [-0.05, 0) is 19.1 Å². The number of hydrogen-bond acceptors (Lipinski definition) is 7. The summed E-state index contributed by atoms with van der Waals surface area (Å²) >= 11 is 0. The molecule has 9 nitrogen and oxygen atoms in total. The van der Waals surface area contributed by atoms with E-state index in [1.54, 1.807) is 24.0 Å². The number of nitrogens with zero attached hydrogens (tertiary/aromatic N) is 4. The molecule has 170 valence electrons. The Hall–Kier alpha value is -3.70. The highest BCUT2D eigenvalue weighted by molar-refractivity contribution is 5.90. The van der Waals surface area contributed by atoms with Gasteiger partial charge in [0.2, 0.25) is 5.71 Å².